The Balaban J connectivity index is 1.43. The first-order valence-electron chi connectivity index (χ1n) is 15.3. The SMILES string of the molecule is O=C(NC(Cc1ccccc1)C(=O)N1CCOCC1)[C@@H](O)[C@H](Cc1ccccc1)N(Cc1ccccc1)Cc1ccccc1. The van der Waals surface area contributed by atoms with Crippen molar-refractivity contribution in [2.75, 3.05) is 26.3 Å². The second kappa shape index (κ2) is 16.0. The Kier molecular flexibility index (Phi) is 11.3. The van der Waals surface area contributed by atoms with Crippen LogP contribution in [0.3, 0.4) is 0 Å². The molecule has 0 bridgehead atoms. The van der Waals surface area contributed by atoms with Gasteiger partial charge in [0.15, 0.2) is 0 Å². The monoisotopic (exact) mass is 591 g/mol. The predicted octanol–water partition coefficient (Wildman–Crippen LogP) is 4.25. The Bertz CT molecular complexity index is 1390. The molecule has 7 nitrogen and oxygen atoms in total. The van der Waals surface area contributed by atoms with Crippen LogP contribution >= 0.6 is 0 Å². The second-order valence-electron chi connectivity index (χ2n) is 11.3. The van der Waals surface area contributed by atoms with Crippen molar-refractivity contribution in [3.8, 4) is 0 Å². The van der Waals surface area contributed by atoms with Crippen molar-refractivity contribution >= 4 is 11.8 Å². The lowest BCUT2D eigenvalue weighted by Gasteiger charge is -2.36. The first kappa shape index (κ1) is 31.1. The summed E-state index contributed by atoms with van der Waals surface area (Å²) < 4.78 is 5.45. The van der Waals surface area contributed by atoms with Crippen molar-refractivity contribution in [1.82, 2.24) is 15.1 Å². The highest BCUT2D eigenvalue weighted by atomic mass is 16.5. The van der Waals surface area contributed by atoms with Crippen LogP contribution in [-0.4, -0.2) is 71.2 Å². The molecule has 0 spiro atoms. The molecule has 2 amide bonds. The molecule has 1 aliphatic heterocycles. The van der Waals surface area contributed by atoms with Crippen molar-refractivity contribution in [2.24, 2.45) is 0 Å². The third kappa shape index (κ3) is 8.86. The molecule has 1 aliphatic rings. The number of hydrogen-bond acceptors (Lipinski definition) is 5. The Labute approximate surface area is 260 Å². The van der Waals surface area contributed by atoms with E-state index in [0.717, 1.165) is 22.3 Å². The van der Waals surface area contributed by atoms with Gasteiger partial charge < -0.3 is 20.1 Å². The van der Waals surface area contributed by atoms with Gasteiger partial charge in [0, 0.05) is 38.6 Å². The first-order chi connectivity index (χ1) is 21.6. The number of nitrogens with zero attached hydrogens (tertiary/aromatic N) is 2. The minimum atomic E-state index is -1.39. The standard InChI is InChI=1S/C37H41N3O4/c41-35(36(42)38-33(25-29-13-5-1-6-14-29)37(43)39-21-23-44-24-22-39)34(26-30-15-7-2-8-16-30)40(27-31-17-9-3-10-18-31)28-32-19-11-4-12-20-32/h1-20,33-35,41H,21-28H2,(H,38,42)/t33?,34-,35-/m0/s1. The van der Waals surface area contributed by atoms with E-state index >= 15 is 0 Å². The number of nitrogens with one attached hydrogen (secondary N) is 1. The summed E-state index contributed by atoms with van der Waals surface area (Å²) in [6, 6.07) is 38.4. The molecule has 1 heterocycles. The maximum absolute atomic E-state index is 14.0. The highest BCUT2D eigenvalue weighted by Crippen LogP contribution is 2.20. The molecule has 4 aromatic carbocycles. The number of aliphatic hydroxyl groups excluding tert-OH is 1. The van der Waals surface area contributed by atoms with E-state index in [4.69, 9.17) is 4.74 Å². The zero-order valence-electron chi connectivity index (χ0n) is 25.0. The fourth-order valence-corrected chi connectivity index (χ4v) is 5.71. The quantitative estimate of drug-likeness (QED) is 0.243. The van der Waals surface area contributed by atoms with Crippen LogP contribution in [0.5, 0.6) is 0 Å². The summed E-state index contributed by atoms with van der Waals surface area (Å²) in [6.45, 7) is 2.96. The molecule has 3 atom stereocenters. The molecule has 0 aliphatic carbocycles. The third-order valence-corrected chi connectivity index (χ3v) is 8.07. The molecular formula is C37H41N3O4. The number of ether oxygens (including phenoxy) is 1. The number of benzene rings is 4. The van der Waals surface area contributed by atoms with Crippen LogP contribution in [0.4, 0.5) is 0 Å². The number of rotatable bonds is 13. The summed E-state index contributed by atoms with van der Waals surface area (Å²) in [5.41, 5.74) is 4.11. The molecule has 0 saturated carbocycles. The Hall–Kier alpha value is -4.30. The fraction of sp³-hybridized carbons (Fsp3) is 0.297. The highest BCUT2D eigenvalue weighted by molar-refractivity contribution is 5.90. The molecule has 1 fully saturated rings. The van der Waals surface area contributed by atoms with Crippen LogP contribution in [0.1, 0.15) is 22.3 Å². The van der Waals surface area contributed by atoms with E-state index in [1.165, 1.54) is 0 Å². The van der Waals surface area contributed by atoms with E-state index in [-0.39, 0.29) is 5.91 Å². The van der Waals surface area contributed by atoms with Gasteiger partial charge >= 0.3 is 0 Å². The Morgan fingerprint density at radius 3 is 1.59 bits per heavy atom. The Morgan fingerprint density at radius 1 is 0.682 bits per heavy atom. The van der Waals surface area contributed by atoms with Gasteiger partial charge in [0.25, 0.3) is 5.91 Å². The lowest BCUT2D eigenvalue weighted by atomic mass is 9.96. The van der Waals surface area contributed by atoms with Crippen LogP contribution in [0.25, 0.3) is 0 Å². The van der Waals surface area contributed by atoms with Crippen LogP contribution in [-0.2, 0) is 40.3 Å². The minimum Gasteiger partial charge on any atom is -0.382 e. The lowest BCUT2D eigenvalue weighted by Crippen LogP contribution is -2.57. The van der Waals surface area contributed by atoms with Gasteiger partial charge in [0.1, 0.15) is 12.1 Å². The zero-order chi connectivity index (χ0) is 30.6. The molecule has 228 valence electrons. The molecule has 1 saturated heterocycles. The van der Waals surface area contributed by atoms with Crippen LogP contribution in [0.15, 0.2) is 121 Å². The van der Waals surface area contributed by atoms with Gasteiger partial charge in [0.05, 0.1) is 13.2 Å². The second-order valence-corrected chi connectivity index (χ2v) is 11.3. The lowest BCUT2D eigenvalue weighted by molar-refractivity contribution is -0.143. The van der Waals surface area contributed by atoms with Crippen molar-refractivity contribution in [3.05, 3.63) is 144 Å². The Morgan fingerprint density at radius 2 is 1.11 bits per heavy atom. The normalized spacial score (nSPS) is 15.4. The average molecular weight is 592 g/mol. The largest absolute Gasteiger partial charge is 0.382 e. The van der Waals surface area contributed by atoms with Gasteiger partial charge in [-0.15, -0.1) is 0 Å². The van der Waals surface area contributed by atoms with Crippen molar-refractivity contribution in [2.45, 2.75) is 44.1 Å². The summed E-state index contributed by atoms with van der Waals surface area (Å²) in [7, 11) is 0. The van der Waals surface area contributed by atoms with Crippen LogP contribution < -0.4 is 5.32 Å². The van der Waals surface area contributed by atoms with Gasteiger partial charge in [-0.25, -0.2) is 0 Å². The van der Waals surface area contributed by atoms with Crippen LogP contribution in [0, 0.1) is 0 Å². The number of morpholine rings is 1. The molecule has 44 heavy (non-hydrogen) atoms. The minimum absolute atomic E-state index is 0.164. The molecule has 7 heteroatoms. The number of aliphatic hydroxyl groups is 1. The molecule has 0 aromatic heterocycles. The molecule has 4 aromatic rings. The van der Waals surface area contributed by atoms with E-state index in [1.54, 1.807) is 4.90 Å². The number of carbonyl (C=O) groups is 2. The van der Waals surface area contributed by atoms with Crippen molar-refractivity contribution < 1.29 is 19.4 Å². The maximum atomic E-state index is 14.0. The van der Waals surface area contributed by atoms with E-state index in [9.17, 15) is 14.7 Å². The molecular weight excluding hydrogens is 550 g/mol. The van der Waals surface area contributed by atoms with Gasteiger partial charge in [0.2, 0.25) is 5.91 Å². The maximum Gasteiger partial charge on any atom is 0.251 e. The van der Waals surface area contributed by atoms with E-state index in [2.05, 4.69) is 34.5 Å². The first-order valence-corrected chi connectivity index (χ1v) is 15.3. The summed E-state index contributed by atoms with van der Waals surface area (Å²) >= 11 is 0. The van der Waals surface area contributed by atoms with E-state index < -0.39 is 24.1 Å². The van der Waals surface area contributed by atoms with E-state index in [1.807, 2.05) is 97.1 Å². The zero-order valence-corrected chi connectivity index (χ0v) is 25.0. The summed E-state index contributed by atoms with van der Waals surface area (Å²) in [5, 5.41) is 14.8. The fourth-order valence-electron chi connectivity index (χ4n) is 5.71. The van der Waals surface area contributed by atoms with Gasteiger partial charge in [-0.2, -0.15) is 0 Å². The summed E-state index contributed by atoms with van der Waals surface area (Å²) in [5.74, 6) is -0.720. The smallest absolute Gasteiger partial charge is 0.251 e. The van der Waals surface area contributed by atoms with Crippen molar-refractivity contribution in [3.63, 3.8) is 0 Å². The van der Waals surface area contributed by atoms with Gasteiger partial charge in [-0.05, 0) is 28.7 Å². The number of carbonyl (C=O) groups excluding carboxylic acids is 2. The third-order valence-electron chi connectivity index (χ3n) is 8.07. The molecule has 5 rings (SSSR count). The van der Waals surface area contributed by atoms with E-state index in [0.29, 0.717) is 52.2 Å². The molecule has 0 radical (unpaired) electrons. The number of amides is 2. The highest BCUT2D eigenvalue weighted by Gasteiger charge is 2.35. The van der Waals surface area contributed by atoms with Gasteiger partial charge in [-0.3, -0.25) is 14.5 Å². The molecule has 1 unspecified atom stereocenters. The summed E-state index contributed by atoms with van der Waals surface area (Å²) in [6.07, 6.45) is -0.606. The van der Waals surface area contributed by atoms with Crippen LogP contribution in [0.2, 0.25) is 0 Å². The topological polar surface area (TPSA) is 82.1 Å². The van der Waals surface area contributed by atoms with Crippen molar-refractivity contribution in [1.29, 1.82) is 0 Å². The predicted molar refractivity (Wildman–Crippen MR) is 172 cm³/mol. The average Bonchev–Trinajstić information content (AvgIpc) is 3.08. The van der Waals surface area contributed by atoms with Gasteiger partial charge in [-0.1, -0.05) is 121 Å². The molecule has 2 N–H and O–H groups in total. The summed E-state index contributed by atoms with van der Waals surface area (Å²) in [4.78, 5) is 31.6. The number of hydrogen-bond donors (Lipinski definition) is 2.